The van der Waals surface area contributed by atoms with E-state index >= 15 is 0 Å². The Hall–Kier alpha value is -1.26. The number of H-pyrrole nitrogens is 2. The van der Waals surface area contributed by atoms with Gasteiger partial charge in [0.2, 0.25) is 0 Å². The SMILES string of the molecule is CCC(C)Cn1c(=O)[nH][nH]c1=O. The van der Waals surface area contributed by atoms with Crippen LogP contribution < -0.4 is 11.4 Å². The zero-order valence-electron chi connectivity index (χ0n) is 7.26. The van der Waals surface area contributed by atoms with Gasteiger partial charge < -0.3 is 0 Å². The van der Waals surface area contributed by atoms with Gasteiger partial charge in [0.15, 0.2) is 0 Å². The van der Waals surface area contributed by atoms with Gasteiger partial charge in [0.1, 0.15) is 0 Å². The summed E-state index contributed by atoms with van der Waals surface area (Å²) in [5, 5.41) is 4.47. The van der Waals surface area contributed by atoms with Crippen LogP contribution in [0.1, 0.15) is 20.3 Å². The zero-order valence-corrected chi connectivity index (χ0v) is 7.26. The van der Waals surface area contributed by atoms with Crippen molar-refractivity contribution in [2.24, 2.45) is 5.92 Å². The summed E-state index contributed by atoms with van der Waals surface area (Å²) in [7, 11) is 0. The monoisotopic (exact) mass is 171 g/mol. The molecule has 0 saturated carbocycles. The molecule has 1 aromatic heterocycles. The van der Waals surface area contributed by atoms with Gasteiger partial charge in [0, 0.05) is 6.54 Å². The van der Waals surface area contributed by atoms with E-state index in [4.69, 9.17) is 0 Å². The fourth-order valence-corrected chi connectivity index (χ4v) is 0.941. The Balaban J connectivity index is 2.88. The highest BCUT2D eigenvalue weighted by atomic mass is 16.2. The first-order valence-electron chi connectivity index (χ1n) is 4.02. The predicted molar refractivity (Wildman–Crippen MR) is 45.1 cm³/mol. The van der Waals surface area contributed by atoms with Crippen LogP contribution in [0.3, 0.4) is 0 Å². The zero-order chi connectivity index (χ0) is 9.14. The third kappa shape index (κ3) is 1.66. The lowest BCUT2D eigenvalue weighted by molar-refractivity contribution is 0.453. The molecule has 5 heteroatoms. The first kappa shape index (κ1) is 8.83. The van der Waals surface area contributed by atoms with Crippen molar-refractivity contribution in [1.29, 1.82) is 0 Å². The highest BCUT2D eigenvalue weighted by Crippen LogP contribution is 2.00. The summed E-state index contributed by atoms with van der Waals surface area (Å²) in [5.41, 5.74) is -0.722. The average molecular weight is 171 g/mol. The Morgan fingerprint density at radius 2 is 1.83 bits per heavy atom. The molecule has 0 bridgehead atoms. The molecular weight excluding hydrogens is 158 g/mol. The molecular formula is C7H13N3O2. The largest absolute Gasteiger partial charge is 0.344 e. The summed E-state index contributed by atoms with van der Waals surface area (Å²) < 4.78 is 1.17. The smallest absolute Gasteiger partial charge is 0.247 e. The number of hydrogen-bond acceptors (Lipinski definition) is 2. The number of aromatic amines is 2. The van der Waals surface area contributed by atoms with Gasteiger partial charge in [0.05, 0.1) is 0 Å². The van der Waals surface area contributed by atoms with Crippen LogP contribution in [0.15, 0.2) is 9.59 Å². The summed E-state index contributed by atoms with van der Waals surface area (Å²) in [6.07, 6.45) is 0.955. The lowest BCUT2D eigenvalue weighted by Gasteiger charge is -2.05. The number of nitrogens with one attached hydrogen (secondary N) is 2. The van der Waals surface area contributed by atoms with Crippen molar-refractivity contribution in [2.45, 2.75) is 26.8 Å². The fourth-order valence-electron chi connectivity index (χ4n) is 0.941. The maximum Gasteiger partial charge on any atom is 0.344 e. The van der Waals surface area contributed by atoms with Crippen molar-refractivity contribution >= 4 is 0 Å². The van der Waals surface area contributed by atoms with Crippen LogP contribution in [-0.2, 0) is 6.54 Å². The first-order valence-corrected chi connectivity index (χ1v) is 4.02. The van der Waals surface area contributed by atoms with Crippen LogP contribution >= 0.6 is 0 Å². The van der Waals surface area contributed by atoms with Crippen LogP contribution in [0, 0.1) is 5.92 Å². The van der Waals surface area contributed by atoms with Crippen LogP contribution in [-0.4, -0.2) is 14.8 Å². The van der Waals surface area contributed by atoms with Gasteiger partial charge in [-0.3, -0.25) is 0 Å². The van der Waals surface area contributed by atoms with Crippen LogP contribution in [0.4, 0.5) is 0 Å². The van der Waals surface area contributed by atoms with Crippen LogP contribution in [0.5, 0.6) is 0 Å². The highest BCUT2D eigenvalue weighted by Gasteiger charge is 2.05. The van der Waals surface area contributed by atoms with Gasteiger partial charge in [-0.2, -0.15) is 0 Å². The highest BCUT2D eigenvalue weighted by molar-refractivity contribution is 4.66. The van der Waals surface area contributed by atoms with E-state index in [1.54, 1.807) is 0 Å². The fraction of sp³-hybridized carbons (Fsp3) is 0.714. The van der Waals surface area contributed by atoms with E-state index in [1.165, 1.54) is 4.57 Å². The lowest BCUT2D eigenvalue weighted by atomic mass is 10.1. The lowest BCUT2D eigenvalue weighted by Crippen LogP contribution is -2.29. The Morgan fingerprint density at radius 1 is 1.33 bits per heavy atom. The van der Waals surface area contributed by atoms with E-state index in [0.29, 0.717) is 12.5 Å². The van der Waals surface area contributed by atoms with Gasteiger partial charge in [-0.1, -0.05) is 20.3 Å². The van der Waals surface area contributed by atoms with Gasteiger partial charge >= 0.3 is 11.4 Å². The molecule has 0 amide bonds. The number of rotatable bonds is 3. The molecule has 0 aliphatic rings. The third-order valence-electron chi connectivity index (χ3n) is 1.96. The summed E-state index contributed by atoms with van der Waals surface area (Å²) in [4.78, 5) is 21.9. The molecule has 1 unspecified atom stereocenters. The van der Waals surface area contributed by atoms with E-state index in [0.717, 1.165) is 6.42 Å². The first-order chi connectivity index (χ1) is 5.65. The molecule has 0 aliphatic carbocycles. The molecule has 0 radical (unpaired) electrons. The predicted octanol–water partition coefficient (Wildman–Crippen LogP) is -0.0892. The molecule has 5 nitrogen and oxygen atoms in total. The molecule has 2 N–H and O–H groups in total. The molecule has 68 valence electrons. The minimum Gasteiger partial charge on any atom is -0.247 e. The van der Waals surface area contributed by atoms with Crippen molar-refractivity contribution < 1.29 is 0 Å². The quantitative estimate of drug-likeness (QED) is 0.667. The Morgan fingerprint density at radius 3 is 2.25 bits per heavy atom. The minimum atomic E-state index is -0.361. The van der Waals surface area contributed by atoms with Crippen molar-refractivity contribution in [1.82, 2.24) is 14.8 Å². The summed E-state index contributed by atoms with van der Waals surface area (Å²) in [5.74, 6) is 0.347. The topological polar surface area (TPSA) is 70.7 Å². The summed E-state index contributed by atoms with van der Waals surface area (Å²) in [6, 6.07) is 0. The van der Waals surface area contributed by atoms with Gasteiger partial charge in [-0.25, -0.2) is 24.4 Å². The summed E-state index contributed by atoms with van der Waals surface area (Å²) >= 11 is 0. The Kier molecular flexibility index (Phi) is 2.52. The van der Waals surface area contributed by atoms with Gasteiger partial charge in [-0.15, -0.1) is 0 Å². The van der Waals surface area contributed by atoms with E-state index in [9.17, 15) is 9.59 Å². The minimum absolute atomic E-state index is 0.347. The second kappa shape index (κ2) is 3.42. The molecule has 1 heterocycles. The molecule has 0 aliphatic heterocycles. The molecule has 0 fully saturated rings. The molecule has 1 atom stereocenters. The number of hydrogen-bond donors (Lipinski definition) is 2. The Labute approximate surface area is 69.4 Å². The molecule has 1 aromatic rings. The molecule has 1 rings (SSSR count). The van der Waals surface area contributed by atoms with E-state index in [-0.39, 0.29) is 11.4 Å². The van der Waals surface area contributed by atoms with E-state index in [2.05, 4.69) is 10.2 Å². The second-order valence-corrected chi connectivity index (χ2v) is 2.98. The Bertz CT molecular complexity index is 319. The van der Waals surface area contributed by atoms with Crippen molar-refractivity contribution in [3.8, 4) is 0 Å². The number of nitrogens with zero attached hydrogens (tertiary/aromatic N) is 1. The van der Waals surface area contributed by atoms with Crippen molar-refractivity contribution in [2.75, 3.05) is 0 Å². The average Bonchev–Trinajstić information content (AvgIpc) is 2.35. The molecule has 0 saturated heterocycles. The summed E-state index contributed by atoms with van der Waals surface area (Å²) in [6.45, 7) is 4.50. The van der Waals surface area contributed by atoms with Crippen LogP contribution in [0.2, 0.25) is 0 Å². The van der Waals surface area contributed by atoms with E-state index < -0.39 is 0 Å². The van der Waals surface area contributed by atoms with E-state index in [1.807, 2.05) is 13.8 Å². The van der Waals surface area contributed by atoms with Crippen molar-refractivity contribution in [3.05, 3.63) is 21.0 Å². The maximum absolute atomic E-state index is 11.0. The second-order valence-electron chi connectivity index (χ2n) is 2.98. The van der Waals surface area contributed by atoms with Gasteiger partial charge in [0.25, 0.3) is 0 Å². The molecule has 0 spiro atoms. The third-order valence-corrected chi connectivity index (χ3v) is 1.96. The molecule has 0 aromatic carbocycles. The number of aromatic nitrogens is 3. The standard InChI is InChI=1S/C7H13N3O2/c1-3-5(2)4-10-6(11)8-9-7(10)12/h5H,3-4H2,1-2H3,(H,8,11)(H,9,12). The van der Waals surface area contributed by atoms with Gasteiger partial charge in [-0.05, 0) is 5.92 Å². The maximum atomic E-state index is 11.0. The van der Waals surface area contributed by atoms with Crippen molar-refractivity contribution in [3.63, 3.8) is 0 Å². The van der Waals surface area contributed by atoms with Crippen LogP contribution in [0.25, 0.3) is 0 Å². The normalized spacial score (nSPS) is 13.2. The molecule has 12 heavy (non-hydrogen) atoms.